The summed E-state index contributed by atoms with van der Waals surface area (Å²) in [5.41, 5.74) is 2.00. The second-order valence-corrected chi connectivity index (χ2v) is 4.71. The van der Waals surface area contributed by atoms with Crippen LogP contribution in [0.3, 0.4) is 0 Å². The van der Waals surface area contributed by atoms with Crippen LogP contribution in [0.2, 0.25) is 0 Å². The number of nitrogens with zero attached hydrogens (tertiary/aromatic N) is 1. The maximum atomic E-state index is 11.9. The van der Waals surface area contributed by atoms with Crippen molar-refractivity contribution in [1.29, 1.82) is 0 Å². The number of aromatic amines is 1. The lowest BCUT2D eigenvalue weighted by Gasteiger charge is -2.10. The molecule has 2 N–H and O–H groups in total. The highest BCUT2D eigenvalue weighted by Gasteiger charge is 2.23. The van der Waals surface area contributed by atoms with E-state index in [0.717, 1.165) is 18.4 Å². The van der Waals surface area contributed by atoms with Gasteiger partial charge in [0.1, 0.15) is 6.10 Å². The van der Waals surface area contributed by atoms with E-state index in [0.29, 0.717) is 17.8 Å². The van der Waals surface area contributed by atoms with Gasteiger partial charge in [-0.3, -0.25) is 9.36 Å². The molecule has 0 saturated carbocycles. The fourth-order valence-electron chi connectivity index (χ4n) is 2.32. The summed E-state index contributed by atoms with van der Waals surface area (Å²) in [7, 11) is 1.70. The largest absolute Gasteiger partial charge is 0.368 e. The van der Waals surface area contributed by atoms with E-state index in [4.69, 9.17) is 4.74 Å². The van der Waals surface area contributed by atoms with Gasteiger partial charge in [0.15, 0.2) is 0 Å². The number of hydrogen-bond acceptors (Lipinski definition) is 3. The molecule has 0 radical (unpaired) electrons. The fraction of sp³-hybridized carbons (Fsp3) is 0.385. The lowest BCUT2D eigenvalue weighted by Crippen LogP contribution is -2.26. The predicted molar refractivity (Wildman–Crippen MR) is 71.1 cm³/mol. The van der Waals surface area contributed by atoms with Crippen LogP contribution in [0, 0.1) is 0 Å². The number of rotatable bonds is 2. The highest BCUT2D eigenvalue weighted by molar-refractivity contribution is 5.96. The number of nitrogens with one attached hydrogen (secondary N) is 2. The standard InChI is InChI=1S/C13H15N3O3/c1-16-10-5-4-8(7-9(10)15-13(16)18)14-12(17)11-3-2-6-19-11/h4-5,7,11H,2-3,6H2,1H3,(H,14,17)(H,15,18). The van der Waals surface area contributed by atoms with Crippen LogP contribution in [-0.2, 0) is 16.6 Å². The molecule has 1 aliphatic heterocycles. The first-order valence-corrected chi connectivity index (χ1v) is 6.26. The lowest BCUT2D eigenvalue weighted by atomic mass is 10.2. The molecule has 0 aliphatic carbocycles. The van der Waals surface area contributed by atoms with Crippen LogP contribution in [0.15, 0.2) is 23.0 Å². The van der Waals surface area contributed by atoms with E-state index >= 15 is 0 Å². The summed E-state index contributed by atoms with van der Waals surface area (Å²) in [6, 6.07) is 5.34. The summed E-state index contributed by atoms with van der Waals surface area (Å²) in [4.78, 5) is 26.1. The maximum Gasteiger partial charge on any atom is 0.326 e. The van der Waals surface area contributed by atoms with Crippen molar-refractivity contribution in [2.45, 2.75) is 18.9 Å². The quantitative estimate of drug-likeness (QED) is 0.846. The number of H-pyrrole nitrogens is 1. The monoisotopic (exact) mass is 261 g/mol. The second-order valence-electron chi connectivity index (χ2n) is 4.71. The number of anilines is 1. The number of amides is 1. The van der Waals surface area contributed by atoms with E-state index in [1.54, 1.807) is 25.2 Å². The zero-order valence-corrected chi connectivity index (χ0v) is 10.6. The van der Waals surface area contributed by atoms with Crippen LogP contribution >= 0.6 is 0 Å². The van der Waals surface area contributed by atoms with Crippen LogP contribution in [0.1, 0.15) is 12.8 Å². The van der Waals surface area contributed by atoms with E-state index in [1.165, 1.54) is 4.57 Å². The number of ether oxygens (including phenoxy) is 1. The van der Waals surface area contributed by atoms with E-state index in [2.05, 4.69) is 10.3 Å². The number of aryl methyl sites for hydroxylation is 1. The van der Waals surface area contributed by atoms with Gasteiger partial charge >= 0.3 is 5.69 Å². The minimum Gasteiger partial charge on any atom is -0.368 e. The van der Waals surface area contributed by atoms with E-state index in [9.17, 15) is 9.59 Å². The third-order valence-corrected chi connectivity index (χ3v) is 3.39. The summed E-state index contributed by atoms with van der Waals surface area (Å²) in [5.74, 6) is -0.130. The van der Waals surface area contributed by atoms with Crippen molar-refractivity contribution in [3.8, 4) is 0 Å². The number of benzene rings is 1. The van der Waals surface area contributed by atoms with Crippen molar-refractivity contribution in [3.05, 3.63) is 28.7 Å². The Kier molecular flexibility index (Phi) is 2.87. The summed E-state index contributed by atoms with van der Waals surface area (Å²) in [6.45, 7) is 0.642. The zero-order valence-electron chi connectivity index (χ0n) is 10.6. The summed E-state index contributed by atoms with van der Waals surface area (Å²) < 4.78 is 6.85. The Bertz CT molecular complexity index is 680. The van der Waals surface area contributed by atoms with Gasteiger partial charge in [0.25, 0.3) is 5.91 Å². The molecule has 3 rings (SSSR count). The number of carbonyl (C=O) groups excluding carboxylic acids is 1. The van der Waals surface area contributed by atoms with Crippen molar-refractivity contribution >= 4 is 22.6 Å². The Labute approximate surface area is 109 Å². The average molecular weight is 261 g/mol. The smallest absolute Gasteiger partial charge is 0.326 e. The Morgan fingerprint density at radius 2 is 2.37 bits per heavy atom. The molecule has 1 amide bonds. The van der Waals surface area contributed by atoms with E-state index < -0.39 is 0 Å². The van der Waals surface area contributed by atoms with Crippen LogP contribution in [0.5, 0.6) is 0 Å². The molecule has 1 saturated heterocycles. The zero-order chi connectivity index (χ0) is 13.4. The van der Waals surface area contributed by atoms with Crippen molar-refractivity contribution in [2.75, 3.05) is 11.9 Å². The molecular weight excluding hydrogens is 246 g/mol. The SMILES string of the molecule is Cn1c(=O)[nH]c2cc(NC(=O)C3CCCO3)ccc21. The average Bonchev–Trinajstić information content (AvgIpc) is 2.99. The molecule has 0 bridgehead atoms. The fourth-order valence-corrected chi connectivity index (χ4v) is 2.32. The molecule has 0 spiro atoms. The van der Waals surface area contributed by atoms with Crippen molar-refractivity contribution in [1.82, 2.24) is 9.55 Å². The van der Waals surface area contributed by atoms with Crippen LogP contribution in [0.4, 0.5) is 5.69 Å². The third kappa shape index (κ3) is 2.15. The molecule has 6 nitrogen and oxygen atoms in total. The van der Waals surface area contributed by atoms with Crippen LogP contribution < -0.4 is 11.0 Å². The van der Waals surface area contributed by atoms with E-state index in [-0.39, 0.29) is 17.7 Å². The van der Waals surface area contributed by atoms with Gasteiger partial charge in [-0.1, -0.05) is 0 Å². The highest BCUT2D eigenvalue weighted by Crippen LogP contribution is 2.18. The summed E-state index contributed by atoms with van der Waals surface area (Å²) >= 11 is 0. The number of carbonyl (C=O) groups is 1. The molecule has 1 fully saturated rings. The van der Waals surface area contributed by atoms with Gasteiger partial charge in [-0.05, 0) is 31.0 Å². The number of fused-ring (bicyclic) bond motifs is 1. The second kappa shape index (κ2) is 4.55. The van der Waals surface area contributed by atoms with Gasteiger partial charge in [-0.2, -0.15) is 0 Å². The third-order valence-electron chi connectivity index (χ3n) is 3.39. The Hall–Kier alpha value is -2.08. The molecule has 1 aromatic heterocycles. The van der Waals surface area contributed by atoms with E-state index in [1.807, 2.05) is 0 Å². The molecule has 1 unspecified atom stereocenters. The van der Waals surface area contributed by atoms with Gasteiger partial charge in [0.2, 0.25) is 0 Å². The van der Waals surface area contributed by atoms with Gasteiger partial charge in [0.05, 0.1) is 11.0 Å². The maximum absolute atomic E-state index is 11.9. The normalized spacial score (nSPS) is 18.9. The van der Waals surface area contributed by atoms with Crippen LogP contribution in [-0.4, -0.2) is 28.2 Å². The first kappa shape index (κ1) is 12.0. The van der Waals surface area contributed by atoms with Gasteiger partial charge in [-0.25, -0.2) is 4.79 Å². The first-order chi connectivity index (χ1) is 9.15. The topological polar surface area (TPSA) is 76.1 Å². The van der Waals surface area contributed by atoms with Crippen molar-refractivity contribution in [2.24, 2.45) is 7.05 Å². The molecule has 1 atom stereocenters. The Balaban J connectivity index is 1.85. The molecule has 2 heterocycles. The Morgan fingerprint density at radius 1 is 1.53 bits per heavy atom. The predicted octanol–water partition coefficient (Wildman–Crippen LogP) is 0.984. The van der Waals surface area contributed by atoms with Crippen molar-refractivity contribution < 1.29 is 9.53 Å². The van der Waals surface area contributed by atoms with Crippen molar-refractivity contribution in [3.63, 3.8) is 0 Å². The highest BCUT2D eigenvalue weighted by atomic mass is 16.5. The summed E-state index contributed by atoms with van der Waals surface area (Å²) in [6.07, 6.45) is 1.32. The number of imidazole rings is 1. The molecular formula is C13H15N3O3. The van der Waals surface area contributed by atoms with Gasteiger partial charge in [-0.15, -0.1) is 0 Å². The minimum absolute atomic E-state index is 0.130. The molecule has 100 valence electrons. The number of hydrogen-bond donors (Lipinski definition) is 2. The van der Waals surface area contributed by atoms with Gasteiger partial charge < -0.3 is 15.0 Å². The lowest BCUT2D eigenvalue weighted by molar-refractivity contribution is -0.124. The van der Waals surface area contributed by atoms with Crippen LogP contribution in [0.25, 0.3) is 11.0 Å². The molecule has 6 heteroatoms. The Morgan fingerprint density at radius 3 is 3.11 bits per heavy atom. The van der Waals surface area contributed by atoms with Gasteiger partial charge in [0, 0.05) is 19.3 Å². The molecule has 2 aromatic rings. The molecule has 1 aromatic carbocycles. The number of aromatic nitrogens is 2. The molecule has 1 aliphatic rings. The summed E-state index contributed by atoms with van der Waals surface area (Å²) in [5, 5.41) is 2.81. The first-order valence-electron chi connectivity index (χ1n) is 6.26. The molecule has 19 heavy (non-hydrogen) atoms. The minimum atomic E-state index is -0.356.